The predicted molar refractivity (Wildman–Crippen MR) is 139 cm³/mol. The quantitative estimate of drug-likeness (QED) is 0.402. The fraction of sp³-hybridized carbons (Fsp3) is 0.321. The van der Waals surface area contributed by atoms with Gasteiger partial charge in [-0.15, -0.1) is 0 Å². The summed E-state index contributed by atoms with van der Waals surface area (Å²) in [6, 6.07) is 12.7. The van der Waals surface area contributed by atoms with Gasteiger partial charge in [-0.1, -0.05) is 6.07 Å². The van der Waals surface area contributed by atoms with Crippen molar-refractivity contribution < 1.29 is 9.18 Å². The molecule has 0 atom stereocenters. The molecule has 1 fully saturated rings. The summed E-state index contributed by atoms with van der Waals surface area (Å²) in [7, 11) is 2.15. The number of aryl methyl sites for hydroxylation is 1. The summed E-state index contributed by atoms with van der Waals surface area (Å²) >= 11 is 0. The normalized spacial score (nSPS) is 14.9. The Hall–Kier alpha value is -3.62. The molecule has 1 aromatic carbocycles. The van der Waals surface area contributed by atoms with Gasteiger partial charge in [0.05, 0.1) is 11.9 Å². The molecule has 0 bridgehead atoms. The number of nitrogens with one attached hydrogen (secondary N) is 1. The first kappa shape index (κ1) is 24.1. The molecule has 0 saturated carbocycles. The fourth-order valence-electron chi connectivity index (χ4n) is 4.63. The van der Waals surface area contributed by atoms with Gasteiger partial charge in [0.1, 0.15) is 17.2 Å². The summed E-state index contributed by atoms with van der Waals surface area (Å²) in [5.74, 6) is -0.381. The average molecular weight is 487 g/mol. The van der Waals surface area contributed by atoms with Crippen LogP contribution >= 0.6 is 0 Å². The Labute approximate surface area is 210 Å². The van der Waals surface area contributed by atoms with E-state index in [1.165, 1.54) is 6.07 Å². The minimum Gasteiger partial charge on any atom is -0.351 e. The molecule has 0 radical (unpaired) electrons. The SMILES string of the molecule is Cc1cc(-c2ncccc2-c2ccc3ncc(C(=O)NCCCN4CCN(C)CC4)n3c2)ccc1F. The van der Waals surface area contributed by atoms with E-state index in [-0.39, 0.29) is 11.7 Å². The molecule has 0 spiro atoms. The molecule has 36 heavy (non-hydrogen) atoms. The standard InChI is InChI=1S/C28H31FN6O/c1-20-17-21(6-8-24(20)29)27-23(5-3-10-30-27)22-7-9-26-32-18-25(35(26)19-22)28(36)31-11-4-12-34-15-13-33(2)14-16-34/h3,5-10,17-19H,4,11-16H2,1-2H3,(H,31,36). The number of hydrogen-bond donors (Lipinski definition) is 1. The smallest absolute Gasteiger partial charge is 0.269 e. The molecule has 0 aliphatic carbocycles. The maximum atomic E-state index is 13.8. The molecule has 3 aromatic heterocycles. The van der Waals surface area contributed by atoms with Crippen LogP contribution in [0.1, 0.15) is 22.5 Å². The minimum absolute atomic E-state index is 0.140. The lowest BCUT2D eigenvalue weighted by atomic mass is 9.99. The Balaban J connectivity index is 1.33. The van der Waals surface area contributed by atoms with Crippen molar-refractivity contribution in [2.45, 2.75) is 13.3 Å². The molecular formula is C28H31FN6O. The Morgan fingerprint density at radius 3 is 2.67 bits per heavy atom. The maximum Gasteiger partial charge on any atom is 0.269 e. The van der Waals surface area contributed by atoms with Gasteiger partial charge in [-0.05, 0) is 68.9 Å². The van der Waals surface area contributed by atoms with E-state index >= 15 is 0 Å². The number of fused-ring (bicyclic) bond motifs is 1. The lowest BCUT2D eigenvalue weighted by Gasteiger charge is -2.32. The van der Waals surface area contributed by atoms with Crippen molar-refractivity contribution in [3.8, 4) is 22.4 Å². The molecule has 7 nitrogen and oxygen atoms in total. The second-order valence-corrected chi connectivity index (χ2v) is 9.41. The largest absolute Gasteiger partial charge is 0.351 e. The van der Waals surface area contributed by atoms with E-state index in [1.54, 1.807) is 31.5 Å². The van der Waals surface area contributed by atoms with E-state index in [1.807, 2.05) is 34.9 Å². The van der Waals surface area contributed by atoms with Gasteiger partial charge in [0.2, 0.25) is 0 Å². The molecule has 4 aromatic rings. The number of carbonyl (C=O) groups excluding carboxylic acids is 1. The van der Waals surface area contributed by atoms with Crippen molar-refractivity contribution in [2.75, 3.05) is 46.3 Å². The van der Waals surface area contributed by atoms with Gasteiger partial charge in [-0.2, -0.15) is 0 Å². The lowest BCUT2D eigenvalue weighted by molar-refractivity contribution is 0.0943. The summed E-state index contributed by atoms with van der Waals surface area (Å²) < 4.78 is 15.7. The molecule has 4 heterocycles. The third-order valence-corrected chi connectivity index (χ3v) is 6.82. The molecule has 1 aliphatic rings. The number of halogens is 1. The molecule has 1 amide bonds. The maximum absolute atomic E-state index is 13.8. The highest BCUT2D eigenvalue weighted by Crippen LogP contribution is 2.31. The van der Waals surface area contributed by atoms with Crippen molar-refractivity contribution in [2.24, 2.45) is 0 Å². The first-order valence-electron chi connectivity index (χ1n) is 12.4. The molecule has 0 unspecified atom stereocenters. The Morgan fingerprint density at radius 2 is 1.86 bits per heavy atom. The van der Waals surface area contributed by atoms with Gasteiger partial charge in [-0.3, -0.25) is 14.2 Å². The number of hydrogen-bond acceptors (Lipinski definition) is 5. The summed E-state index contributed by atoms with van der Waals surface area (Å²) in [5, 5.41) is 3.05. The second kappa shape index (κ2) is 10.6. The van der Waals surface area contributed by atoms with Gasteiger partial charge < -0.3 is 15.1 Å². The summed E-state index contributed by atoms with van der Waals surface area (Å²) in [6.45, 7) is 7.69. The molecule has 1 N–H and O–H groups in total. The van der Waals surface area contributed by atoms with E-state index < -0.39 is 0 Å². The van der Waals surface area contributed by atoms with Crippen molar-refractivity contribution >= 4 is 11.6 Å². The van der Waals surface area contributed by atoms with Crippen LogP contribution in [0.2, 0.25) is 0 Å². The number of aromatic nitrogens is 3. The molecule has 8 heteroatoms. The van der Waals surface area contributed by atoms with Crippen molar-refractivity contribution in [3.05, 3.63) is 78.1 Å². The number of piperazine rings is 1. The van der Waals surface area contributed by atoms with Crippen LogP contribution in [0.25, 0.3) is 28.0 Å². The highest BCUT2D eigenvalue weighted by atomic mass is 19.1. The highest BCUT2D eigenvalue weighted by Gasteiger charge is 2.16. The second-order valence-electron chi connectivity index (χ2n) is 9.41. The molecule has 1 aliphatic heterocycles. The molecular weight excluding hydrogens is 455 g/mol. The van der Waals surface area contributed by atoms with E-state index in [0.717, 1.165) is 61.5 Å². The zero-order chi connectivity index (χ0) is 25.1. The average Bonchev–Trinajstić information content (AvgIpc) is 3.33. The first-order chi connectivity index (χ1) is 17.5. The zero-order valence-electron chi connectivity index (χ0n) is 20.7. The zero-order valence-corrected chi connectivity index (χ0v) is 20.7. The number of likely N-dealkylation sites (N-methyl/N-ethyl adjacent to an activating group) is 1. The Bertz CT molecular complexity index is 1380. The van der Waals surface area contributed by atoms with Crippen molar-refractivity contribution in [1.82, 2.24) is 29.5 Å². The van der Waals surface area contributed by atoms with Crippen LogP contribution in [0, 0.1) is 12.7 Å². The molecule has 186 valence electrons. The van der Waals surface area contributed by atoms with Crippen molar-refractivity contribution in [3.63, 3.8) is 0 Å². The van der Waals surface area contributed by atoms with E-state index in [2.05, 4.69) is 32.1 Å². The number of pyridine rings is 2. The Kier molecular flexibility index (Phi) is 7.06. The molecule has 1 saturated heterocycles. The monoisotopic (exact) mass is 486 g/mol. The summed E-state index contributed by atoms with van der Waals surface area (Å²) in [5.41, 5.74) is 5.16. The van der Waals surface area contributed by atoms with Gasteiger partial charge >= 0.3 is 0 Å². The van der Waals surface area contributed by atoms with E-state index in [0.29, 0.717) is 23.4 Å². The van der Waals surface area contributed by atoms with Gasteiger partial charge in [0.25, 0.3) is 5.91 Å². The third kappa shape index (κ3) is 5.15. The first-order valence-corrected chi connectivity index (χ1v) is 12.4. The van der Waals surface area contributed by atoms with Gasteiger partial charge in [0.15, 0.2) is 0 Å². The third-order valence-electron chi connectivity index (χ3n) is 6.82. The van der Waals surface area contributed by atoms with Gasteiger partial charge in [0, 0.05) is 61.8 Å². The number of amides is 1. The van der Waals surface area contributed by atoms with Crippen LogP contribution in [-0.4, -0.2) is 76.4 Å². The van der Waals surface area contributed by atoms with E-state index in [9.17, 15) is 9.18 Å². The number of rotatable bonds is 7. The summed E-state index contributed by atoms with van der Waals surface area (Å²) in [6.07, 6.45) is 6.17. The van der Waals surface area contributed by atoms with Crippen LogP contribution in [0.15, 0.2) is 61.1 Å². The van der Waals surface area contributed by atoms with E-state index in [4.69, 9.17) is 0 Å². The number of nitrogens with zero attached hydrogens (tertiary/aromatic N) is 5. The van der Waals surface area contributed by atoms with Crippen molar-refractivity contribution in [1.29, 1.82) is 0 Å². The van der Waals surface area contributed by atoms with Crippen LogP contribution in [0.4, 0.5) is 4.39 Å². The van der Waals surface area contributed by atoms with Crippen LogP contribution < -0.4 is 5.32 Å². The van der Waals surface area contributed by atoms with Crippen LogP contribution in [0.3, 0.4) is 0 Å². The number of benzene rings is 1. The Morgan fingerprint density at radius 1 is 1.06 bits per heavy atom. The van der Waals surface area contributed by atoms with Crippen LogP contribution in [-0.2, 0) is 0 Å². The fourth-order valence-corrected chi connectivity index (χ4v) is 4.63. The lowest BCUT2D eigenvalue weighted by Crippen LogP contribution is -2.45. The number of carbonyl (C=O) groups is 1. The number of imidazole rings is 1. The van der Waals surface area contributed by atoms with Crippen LogP contribution in [0.5, 0.6) is 0 Å². The van der Waals surface area contributed by atoms with Gasteiger partial charge in [-0.25, -0.2) is 9.37 Å². The minimum atomic E-state index is -0.241. The molecule has 5 rings (SSSR count). The predicted octanol–water partition coefficient (Wildman–Crippen LogP) is 3.88. The topological polar surface area (TPSA) is 65.8 Å². The summed E-state index contributed by atoms with van der Waals surface area (Å²) in [4.78, 5) is 26.8. The highest BCUT2D eigenvalue weighted by molar-refractivity contribution is 5.93.